The second-order valence-corrected chi connectivity index (χ2v) is 8.21. The van der Waals surface area contributed by atoms with E-state index in [0.29, 0.717) is 0 Å². The molecule has 1 aromatic carbocycles. The number of benzene rings is 1. The van der Waals surface area contributed by atoms with Gasteiger partial charge in [-0.1, -0.05) is 36.4 Å². The number of esters is 1. The maximum atomic E-state index is 12.0. The van der Waals surface area contributed by atoms with Gasteiger partial charge in [0.05, 0.1) is 5.69 Å². The van der Waals surface area contributed by atoms with Gasteiger partial charge in [-0.15, -0.1) is 0 Å². The van der Waals surface area contributed by atoms with E-state index in [1.54, 1.807) is 26.8 Å². The van der Waals surface area contributed by atoms with Gasteiger partial charge in [-0.3, -0.25) is 9.88 Å². The molecular formula is C22H28N2O4. The maximum Gasteiger partial charge on any atom is 0.338 e. The van der Waals surface area contributed by atoms with E-state index in [1.807, 2.05) is 24.3 Å². The van der Waals surface area contributed by atoms with Gasteiger partial charge in [-0.2, -0.15) is 0 Å². The Balaban J connectivity index is 1.66. The highest BCUT2D eigenvalue weighted by atomic mass is 16.6. The zero-order valence-electron chi connectivity index (χ0n) is 16.6. The molecule has 0 spiro atoms. The molecule has 1 aliphatic heterocycles. The van der Waals surface area contributed by atoms with Crippen LogP contribution in [0.25, 0.3) is 0 Å². The van der Waals surface area contributed by atoms with Gasteiger partial charge < -0.3 is 14.9 Å². The van der Waals surface area contributed by atoms with E-state index in [2.05, 4.69) is 22.0 Å². The summed E-state index contributed by atoms with van der Waals surface area (Å²) < 4.78 is 5.14. The van der Waals surface area contributed by atoms with E-state index in [1.165, 1.54) is 5.56 Å². The molecule has 6 nitrogen and oxygen atoms in total. The Morgan fingerprint density at radius 1 is 1.18 bits per heavy atom. The number of ether oxygens (including phenoxy) is 1. The number of pyridine rings is 1. The molecule has 0 saturated carbocycles. The summed E-state index contributed by atoms with van der Waals surface area (Å²) in [5, 5.41) is 20.5. The van der Waals surface area contributed by atoms with Crippen molar-refractivity contribution in [1.29, 1.82) is 0 Å². The van der Waals surface area contributed by atoms with E-state index < -0.39 is 23.8 Å². The molecule has 2 aromatic rings. The number of aromatic nitrogens is 1. The quantitative estimate of drug-likeness (QED) is 0.770. The predicted octanol–water partition coefficient (Wildman–Crippen LogP) is 2.38. The molecule has 6 heteroatoms. The van der Waals surface area contributed by atoms with Crippen LogP contribution in [0.2, 0.25) is 0 Å². The number of nitrogens with zero attached hydrogens (tertiary/aromatic N) is 2. The molecule has 1 aromatic heterocycles. The zero-order valence-corrected chi connectivity index (χ0v) is 16.6. The van der Waals surface area contributed by atoms with Crippen molar-refractivity contribution >= 4 is 5.97 Å². The Hall–Kier alpha value is -2.28. The Morgan fingerprint density at radius 3 is 2.57 bits per heavy atom. The van der Waals surface area contributed by atoms with E-state index in [4.69, 9.17) is 4.74 Å². The number of hydrogen-bond acceptors (Lipinski definition) is 6. The fourth-order valence-corrected chi connectivity index (χ4v) is 3.29. The van der Waals surface area contributed by atoms with Gasteiger partial charge >= 0.3 is 5.97 Å². The van der Waals surface area contributed by atoms with Crippen molar-refractivity contribution in [2.24, 2.45) is 0 Å². The van der Waals surface area contributed by atoms with Crippen LogP contribution in [0, 0.1) is 0 Å². The average Bonchev–Trinajstić information content (AvgIpc) is 2.66. The molecule has 1 aliphatic rings. The fourth-order valence-electron chi connectivity index (χ4n) is 3.29. The van der Waals surface area contributed by atoms with Crippen LogP contribution in [-0.2, 0) is 29.0 Å². The smallest absolute Gasteiger partial charge is 0.338 e. The van der Waals surface area contributed by atoms with Crippen LogP contribution >= 0.6 is 0 Å². The van der Waals surface area contributed by atoms with Crippen LogP contribution in [0.3, 0.4) is 0 Å². The molecule has 0 amide bonds. The highest BCUT2D eigenvalue weighted by Crippen LogP contribution is 2.24. The van der Waals surface area contributed by atoms with E-state index in [-0.39, 0.29) is 5.69 Å². The van der Waals surface area contributed by atoms with Crippen LogP contribution in [0.4, 0.5) is 0 Å². The molecule has 2 heterocycles. The second kappa shape index (κ2) is 8.39. The normalized spacial score (nSPS) is 16.9. The van der Waals surface area contributed by atoms with Crippen molar-refractivity contribution in [3.63, 3.8) is 0 Å². The SMILES string of the molecule is CC(C)(C)OC(=O)C(O)C(O)c1ccc2c(n1)CCN(Cc1ccccc1)C2. The van der Waals surface area contributed by atoms with Gasteiger partial charge in [0.15, 0.2) is 6.10 Å². The number of fused-ring (bicyclic) bond motifs is 1. The summed E-state index contributed by atoms with van der Waals surface area (Å²) in [5.74, 6) is -0.853. The minimum Gasteiger partial charge on any atom is -0.458 e. The van der Waals surface area contributed by atoms with E-state index in [0.717, 1.165) is 37.3 Å². The average molecular weight is 384 g/mol. The molecule has 2 N–H and O–H groups in total. The second-order valence-electron chi connectivity index (χ2n) is 8.21. The summed E-state index contributed by atoms with van der Waals surface area (Å²) in [5.41, 5.74) is 2.82. The third-order valence-electron chi connectivity index (χ3n) is 4.65. The monoisotopic (exact) mass is 384 g/mol. The number of aliphatic hydroxyl groups is 2. The summed E-state index contributed by atoms with van der Waals surface area (Å²) in [7, 11) is 0. The zero-order chi connectivity index (χ0) is 20.3. The third kappa shape index (κ3) is 5.16. The number of aliphatic hydroxyl groups excluding tert-OH is 2. The molecule has 0 aliphatic carbocycles. The molecule has 28 heavy (non-hydrogen) atoms. The first-order chi connectivity index (χ1) is 13.2. The van der Waals surface area contributed by atoms with Crippen molar-refractivity contribution < 1.29 is 19.7 Å². The lowest BCUT2D eigenvalue weighted by Crippen LogP contribution is -2.36. The fraction of sp³-hybridized carbons (Fsp3) is 0.455. The van der Waals surface area contributed by atoms with Crippen LogP contribution in [-0.4, -0.2) is 44.3 Å². The first kappa shape index (κ1) is 20.5. The van der Waals surface area contributed by atoms with Crippen molar-refractivity contribution in [2.45, 2.75) is 58.1 Å². The summed E-state index contributed by atoms with van der Waals surface area (Å²) in [6.07, 6.45) is -2.32. The van der Waals surface area contributed by atoms with Gasteiger partial charge in [-0.25, -0.2) is 4.79 Å². The van der Waals surface area contributed by atoms with Crippen LogP contribution in [0.15, 0.2) is 42.5 Å². The van der Waals surface area contributed by atoms with Crippen molar-refractivity contribution in [1.82, 2.24) is 9.88 Å². The lowest BCUT2D eigenvalue weighted by atomic mass is 10.0. The molecule has 150 valence electrons. The first-order valence-corrected chi connectivity index (χ1v) is 9.57. The summed E-state index contributed by atoms with van der Waals surface area (Å²) in [6, 6.07) is 13.9. The number of carbonyl (C=O) groups is 1. The Kier molecular flexibility index (Phi) is 6.13. The van der Waals surface area contributed by atoms with Gasteiger partial charge in [0.1, 0.15) is 11.7 Å². The molecular weight excluding hydrogens is 356 g/mol. The van der Waals surface area contributed by atoms with Gasteiger partial charge in [0.25, 0.3) is 0 Å². The molecule has 0 fully saturated rings. The van der Waals surface area contributed by atoms with Crippen molar-refractivity contribution in [2.75, 3.05) is 6.54 Å². The van der Waals surface area contributed by atoms with Gasteiger partial charge in [-0.05, 0) is 38.0 Å². The Morgan fingerprint density at radius 2 is 1.89 bits per heavy atom. The minimum atomic E-state index is -1.66. The number of hydrogen-bond donors (Lipinski definition) is 2. The molecule has 2 unspecified atom stereocenters. The Labute approximate surface area is 165 Å². The standard InChI is InChI=1S/C22H28N2O4/c1-22(2,3)28-21(27)20(26)19(25)18-10-9-16-14-24(12-11-17(16)23-18)13-15-7-5-4-6-8-15/h4-10,19-20,25-26H,11-14H2,1-3H3. The topological polar surface area (TPSA) is 82.9 Å². The first-order valence-electron chi connectivity index (χ1n) is 9.57. The maximum absolute atomic E-state index is 12.0. The van der Waals surface area contributed by atoms with E-state index >= 15 is 0 Å². The minimum absolute atomic E-state index is 0.286. The predicted molar refractivity (Wildman–Crippen MR) is 105 cm³/mol. The third-order valence-corrected chi connectivity index (χ3v) is 4.65. The van der Waals surface area contributed by atoms with Gasteiger partial charge in [0.2, 0.25) is 0 Å². The van der Waals surface area contributed by atoms with Crippen LogP contribution in [0.5, 0.6) is 0 Å². The summed E-state index contributed by atoms with van der Waals surface area (Å²) >= 11 is 0. The van der Waals surface area contributed by atoms with Crippen LogP contribution in [0.1, 0.15) is 49.4 Å². The van der Waals surface area contributed by atoms with Crippen molar-refractivity contribution in [3.8, 4) is 0 Å². The number of carbonyl (C=O) groups excluding carboxylic acids is 1. The largest absolute Gasteiger partial charge is 0.458 e. The van der Waals surface area contributed by atoms with E-state index in [9.17, 15) is 15.0 Å². The summed E-state index contributed by atoms with van der Waals surface area (Å²) in [4.78, 5) is 18.9. The van der Waals surface area contributed by atoms with Crippen molar-refractivity contribution in [3.05, 3.63) is 65.0 Å². The lowest BCUT2D eigenvalue weighted by Gasteiger charge is -2.29. The molecule has 0 bridgehead atoms. The highest BCUT2D eigenvalue weighted by Gasteiger charge is 2.31. The highest BCUT2D eigenvalue weighted by molar-refractivity contribution is 5.75. The summed E-state index contributed by atoms with van der Waals surface area (Å²) in [6.45, 7) is 7.65. The molecule has 0 saturated heterocycles. The number of rotatable bonds is 5. The molecule has 3 rings (SSSR count). The van der Waals surface area contributed by atoms with Crippen LogP contribution < -0.4 is 0 Å². The van der Waals surface area contributed by atoms with Gasteiger partial charge in [0, 0.05) is 31.7 Å². The molecule has 2 atom stereocenters. The lowest BCUT2D eigenvalue weighted by molar-refractivity contribution is -0.171. The Bertz CT molecular complexity index is 817. The molecule has 0 radical (unpaired) electrons.